The Labute approximate surface area is 87.5 Å². The van der Waals surface area contributed by atoms with Crippen LogP contribution >= 0.6 is 0 Å². The lowest BCUT2D eigenvalue weighted by atomic mass is 10.1. The highest BCUT2D eigenvalue weighted by atomic mass is 16.5. The standard InChI is InChI=1S/C12H10N2O/c13-7-10-9-3-1-2-4-11(9)14-5-6-15-8-12(10)14/h1-4H,5-6,8H2. The van der Waals surface area contributed by atoms with Gasteiger partial charge in [0.25, 0.3) is 0 Å². The Balaban J connectivity index is 2.44. The Kier molecular flexibility index (Phi) is 1.77. The number of hydrogen-bond donors (Lipinski definition) is 0. The summed E-state index contributed by atoms with van der Waals surface area (Å²) in [6, 6.07) is 10.3. The Morgan fingerprint density at radius 1 is 1.33 bits per heavy atom. The summed E-state index contributed by atoms with van der Waals surface area (Å²) >= 11 is 0. The van der Waals surface area contributed by atoms with Crippen molar-refractivity contribution in [2.75, 3.05) is 6.61 Å². The van der Waals surface area contributed by atoms with Gasteiger partial charge in [-0.25, -0.2) is 0 Å². The molecule has 0 spiro atoms. The molecule has 3 rings (SSSR count). The molecule has 15 heavy (non-hydrogen) atoms. The molecular weight excluding hydrogens is 188 g/mol. The average molecular weight is 198 g/mol. The zero-order chi connectivity index (χ0) is 10.3. The molecule has 0 fully saturated rings. The average Bonchev–Trinajstić information content (AvgIpc) is 2.63. The van der Waals surface area contributed by atoms with Gasteiger partial charge in [0.1, 0.15) is 6.07 Å². The molecule has 0 atom stereocenters. The van der Waals surface area contributed by atoms with Gasteiger partial charge in [-0.3, -0.25) is 0 Å². The second kappa shape index (κ2) is 3.11. The van der Waals surface area contributed by atoms with Crippen molar-refractivity contribution in [3.63, 3.8) is 0 Å². The molecule has 1 aromatic heterocycles. The maximum Gasteiger partial charge on any atom is 0.102 e. The summed E-state index contributed by atoms with van der Waals surface area (Å²) in [6.07, 6.45) is 0. The molecule has 74 valence electrons. The van der Waals surface area contributed by atoms with Gasteiger partial charge >= 0.3 is 0 Å². The molecule has 0 amide bonds. The summed E-state index contributed by atoms with van der Waals surface area (Å²) in [4.78, 5) is 0. The van der Waals surface area contributed by atoms with Gasteiger partial charge in [0, 0.05) is 17.4 Å². The molecule has 0 saturated carbocycles. The van der Waals surface area contributed by atoms with Gasteiger partial charge in [-0.2, -0.15) is 5.26 Å². The van der Waals surface area contributed by atoms with Gasteiger partial charge in [-0.1, -0.05) is 18.2 Å². The first-order chi connectivity index (χ1) is 7.42. The lowest BCUT2D eigenvalue weighted by molar-refractivity contribution is 0.0863. The van der Waals surface area contributed by atoms with Gasteiger partial charge in [-0.15, -0.1) is 0 Å². The lowest BCUT2D eigenvalue weighted by Crippen LogP contribution is -2.16. The van der Waals surface area contributed by atoms with E-state index < -0.39 is 0 Å². The molecule has 0 bridgehead atoms. The summed E-state index contributed by atoms with van der Waals surface area (Å²) in [7, 11) is 0. The number of aromatic nitrogens is 1. The molecule has 1 aliphatic heterocycles. The topological polar surface area (TPSA) is 38.0 Å². The maximum absolute atomic E-state index is 9.16. The van der Waals surface area contributed by atoms with Crippen LogP contribution in [-0.2, 0) is 17.9 Å². The SMILES string of the molecule is N#Cc1c2n(c3ccccc13)CCOC2. The molecule has 0 saturated heterocycles. The largest absolute Gasteiger partial charge is 0.373 e. The maximum atomic E-state index is 9.16. The number of nitrogens with zero attached hydrogens (tertiary/aromatic N) is 2. The number of hydrogen-bond acceptors (Lipinski definition) is 2. The third-order valence-corrected chi connectivity index (χ3v) is 2.89. The number of rotatable bonds is 0. The third kappa shape index (κ3) is 1.09. The molecule has 1 aliphatic rings. The van der Waals surface area contributed by atoms with Gasteiger partial charge < -0.3 is 9.30 Å². The fourth-order valence-corrected chi connectivity index (χ4v) is 2.21. The van der Waals surface area contributed by atoms with E-state index in [1.807, 2.05) is 18.2 Å². The first-order valence-corrected chi connectivity index (χ1v) is 5.00. The van der Waals surface area contributed by atoms with E-state index in [4.69, 9.17) is 10.00 Å². The van der Waals surface area contributed by atoms with Crippen LogP contribution in [0.1, 0.15) is 11.3 Å². The second-order valence-electron chi connectivity index (χ2n) is 3.65. The highest BCUT2D eigenvalue weighted by Gasteiger charge is 2.19. The molecule has 0 unspecified atom stereocenters. The third-order valence-electron chi connectivity index (χ3n) is 2.89. The second-order valence-corrected chi connectivity index (χ2v) is 3.65. The molecule has 2 heterocycles. The van der Waals surface area contributed by atoms with Gasteiger partial charge in [0.05, 0.1) is 24.5 Å². The zero-order valence-corrected chi connectivity index (χ0v) is 8.23. The van der Waals surface area contributed by atoms with Crippen molar-refractivity contribution in [1.82, 2.24) is 4.57 Å². The van der Waals surface area contributed by atoms with Crippen molar-refractivity contribution < 1.29 is 4.74 Å². The molecule has 2 aromatic rings. The molecule has 0 N–H and O–H groups in total. The van der Waals surface area contributed by atoms with Crippen molar-refractivity contribution in [2.24, 2.45) is 0 Å². The Hall–Kier alpha value is -1.79. The quantitative estimate of drug-likeness (QED) is 0.649. The van der Waals surface area contributed by atoms with Gasteiger partial charge in [0.15, 0.2) is 0 Å². The molecule has 3 nitrogen and oxygen atoms in total. The van der Waals surface area contributed by atoms with Crippen LogP contribution in [-0.4, -0.2) is 11.2 Å². The van der Waals surface area contributed by atoms with Crippen LogP contribution < -0.4 is 0 Å². The number of para-hydroxylation sites is 1. The molecule has 0 aliphatic carbocycles. The van der Waals surface area contributed by atoms with Crippen LogP contribution in [0.4, 0.5) is 0 Å². The van der Waals surface area contributed by atoms with Crippen molar-refractivity contribution in [1.29, 1.82) is 5.26 Å². The minimum absolute atomic E-state index is 0.553. The van der Waals surface area contributed by atoms with E-state index in [0.717, 1.165) is 35.3 Å². The van der Waals surface area contributed by atoms with Crippen LogP contribution in [0.2, 0.25) is 0 Å². The van der Waals surface area contributed by atoms with Crippen LogP contribution in [0.15, 0.2) is 24.3 Å². The Morgan fingerprint density at radius 2 is 2.20 bits per heavy atom. The fourth-order valence-electron chi connectivity index (χ4n) is 2.21. The van der Waals surface area contributed by atoms with Gasteiger partial charge in [0.2, 0.25) is 0 Å². The van der Waals surface area contributed by atoms with Crippen molar-refractivity contribution in [3.05, 3.63) is 35.5 Å². The van der Waals surface area contributed by atoms with E-state index in [2.05, 4.69) is 16.7 Å². The molecule has 0 radical (unpaired) electrons. The molecular formula is C12H10N2O. The number of ether oxygens (including phenoxy) is 1. The zero-order valence-electron chi connectivity index (χ0n) is 8.23. The summed E-state index contributed by atoms with van der Waals surface area (Å²) in [5.41, 5.74) is 2.93. The van der Waals surface area contributed by atoms with E-state index in [1.54, 1.807) is 0 Å². The van der Waals surface area contributed by atoms with E-state index in [1.165, 1.54) is 0 Å². The van der Waals surface area contributed by atoms with Crippen molar-refractivity contribution in [3.8, 4) is 6.07 Å². The molecule has 1 aromatic carbocycles. The minimum Gasteiger partial charge on any atom is -0.373 e. The highest BCUT2D eigenvalue weighted by Crippen LogP contribution is 2.27. The van der Waals surface area contributed by atoms with Crippen LogP contribution in [0.3, 0.4) is 0 Å². The monoisotopic (exact) mass is 198 g/mol. The van der Waals surface area contributed by atoms with Crippen LogP contribution in [0, 0.1) is 11.3 Å². The van der Waals surface area contributed by atoms with E-state index in [0.29, 0.717) is 6.61 Å². The lowest BCUT2D eigenvalue weighted by Gasteiger charge is -2.16. The fraction of sp³-hybridized carbons (Fsp3) is 0.250. The summed E-state index contributed by atoms with van der Waals surface area (Å²) in [5, 5.41) is 10.2. The summed E-state index contributed by atoms with van der Waals surface area (Å²) < 4.78 is 7.59. The highest BCUT2D eigenvalue weighted by molar-refractivity contribution is 5.88. The van der Waals surface area contributed by atoms with E-state index >= 15 is 0 Å². The first kappa shape index (κ1) is 8.51. The molecule has 3 heteroatoms. The number of fused-ring (bicyclic) bond motifs is 3. The normalized spacial score (nSPS) is 14.9. The predicted molar refractivity (Wildman–Crippen MR) is 56.3 cm³/mol. The van der Waals surface area contributed by atoms with Crippen LogP contribution in [0.5, 0.6) is 0 Å². The smallest absolute Gasteiger partial charge is 0.102 e. The Bertz CT molecular complexity index is 563. The Morgan fingerprint density at radius 3 is 3.07 bits per heavy atom. The van der Waals surface area contributed by atoms with Crippen molar-refractivity contribution >= 4 is 10.9 Å². The first-order valence-electron chi connectivity index (χ1n) is 5.00. The summed E-state index contributed by atoms with van der Waals surface area (Å²) in [5.74, 6) is 0. The number of nitriles is 1. The summed E-state index contributed by atoms with van der Waals surface area (Å²) in [6.45, 7) is 2.13. The van der Waals surface area contributed by atoms with Crippen molar-refractivity contribution in [2.45, 2.75) is 13.2 Å². The minimum atomic E-state index is 0.553. The van der Waals surface area contributed by atoms with E-state index in [9.17, 15) is 0 Å². The van der Waals surface area contributed by atoms with Crippen LogP contribution in [0.25, 0.3) is 10.9 Å². The van der Waals surface area contributed by atoms with Gasteiger partial charge in [-0.05, 0) is 6.07 Å². The predicted octanol–water partition coefficient (Wildman–Crippen LogP) is 2.04. The van der Waals surface area contributed by atoms with E-state index in [-0.39, 0.29) is 0 Å². The number of benzene rings is 1.